The van der Waals surface area contributed by atoms with E-state index < -0.39 is 52.1 Å². The van der Waals surface area contributed by atoms with Gasteiger partial charge in [-0.3, -0.25) is 14.3 Å². The van der Waals surface area contributed by atoms with Crippen LogP contribution in [-0.2, 0) is 4.79 Å². The highest BCUT2D eigenvalue weighted by Crippen LogP contribution is 2.48. The van der Waals surface area contributed by atoms with Crippen molar-refractivity contribution < 1.29 is 23.1 Å². The summed E-state index contributed by atoms with van der Waals surface area (Å²) in [5, 5.41) is 10.7. The highest BCUT2D eigenvalue weighted by Gasteiger charge is 2.42. The lowest BCUT2D eigenvalue weighted by Gasteiger charge is -2.46. The van der Waals surface area contributed by atoms with Crippen LogP contribution in [0.25, 0.3) is 27.7 Å². The molecule has 2 unspecified atom stereocenters. The average molecular weight is 619 g/mol. The highest BCUT2D eigenvalue weighted by atomic mass is 19.1. The SMILES string of the molecule is C=CC(=O)N1CC(C)N2c3nc(=O)n(-c4c(C)ccnc4C(C)C)c4c(F)c(-c5c(O)cccc5F)c(F)c(c34)N(C)CC2C1. The van der Waals surface area contributed by atoms with E-state index >= 15 is 13.2 Å². The largest absolute Gasteiger partial charge is 0.507 e. The summed E-state index contributed by atoms with van der Waals surface area (Å²) in [5.74, 6) is -4.46. The standard InChI is InChI=1S/C33H33F3N6O3/c1-7-22(44)40-13-18(5)41-19(15-40)14-39(6)30-25-31(27(36)24(26(30)35)23-20(34)9-8-10-21(23)43)42(33(45)38-32(25)41)29-17(4)11-12-37-28(29)16(2)3/h7-12,16,18-19,43H,1,13-15H2,2-6H3. The summed E-state index contributed by atoms with van der Waals surface area (Å²) in [5.41, 5.74) is -1.38. The Morgan fingerprint density at radius 1 is 1.09 bits per heavy atom. The van der Waals surface area contributed by atoms with Crippen molar-refractivity contribution in [1.29, 1.82) is 0 Å². The van der Waals surface area contributed by atoms with Crippen LogP contribution in [0.4, 0.5) is 24.7 Å². The van der Waals surface area contributed by atoms with Crippen molar-refractivity contribution in [2.75, 3.05) is 36.5 Å². The average Bonchev–Trinajstić information content (AvgIpc) is 3.10. The molecule has 0 saturated carbocycles. The molecule has 4 aromatic rings. The van der Waals surface area contributed by atoms with Crippen molar-refractivity contribution in [2.45, 2.75) is 45.7 Å². The molecule has 6 rings (SSSR count). The molecule has 4 heterocycles. The number of hydrogen-bond acceptors (Lipinski definition) is 7. The van der Waals surface area contributed by atoms with Gasteiger partial charge in [0.25, 0.3) is 0 Å². The van der Waals surface area contributed by atoms with Crippen LogP contribution in [0.1, 0.15) is 37.9 Å². The van der Waals surface area contributed by atoms with Crippen molar-refractivity contribution in [3.63, 3.8) is 0 Å². The first-order chi connectivity index (χ1) is 21.4. The fourth-order valence-corrected chi connectivity index (χ4v) is 6.82. The Hall–Kier alpha value is -4.87. The number of benzene rings is 2. The number of phenolic OH excluding ortho intramolecular Hbond substituents is 1. The van der Waals surface area contributed by atoms with Gasteiger partial charge in [0.2, 0.25) is 5.91 Å². The maximum absolute atomic E-state index is 17.3. The summed E-state index contributed by atoms with van der Waals surface area (Å²) in [6.07, 6.45) is 2.81. The zero-order valence-electron chi connectivity index (χ0n) is 25.6. The summed E-state index contributed by atoms with van der Waals surface area (Å²) >= 11 is 0. The van der Waals surface area contributed by atoms with Crippen molar-refractivity contribution in [3.05, 3.63) is 82.3 Å². The third kappa shape index (κ3) is 4.53. The second-order valence-electron chi connectivity index (χ2n) is 12.0. The van der Waals surface area contributed by atoms with E-state index in [1.807, 2.05) is 25.7 Å². The molecule has 1 amide bonds. The molecular formula is C33H33F3N6O3. The summed E-state index contributed by atoms with van der Waals surface area (Å²) in [6, 6.07) is 4.18. The Morgan fingerprint density at radius 3 is 2.49 bits per heavy atom. The number of piperazine rings is 1. The van der Waals surface area contributed by atoms with Gasteiger partial charge in [-0.25, -0.2) is 18.0 Å². The van der Waals surface area contributed by atoms with Crippen LogP contribution in [0.3, 0.4) is 0 Å². The van der Waals surface area contributed by atoms with Crippen LogP contribution in [0.15, 0.2) is 47.9 Å². The van der Waals surface area contributed by atoms with Gasteiger partial charge in [0, 0.05) is 38.9 Å². The number of halogens is 3. The fraction of sp³-hybridized carbons (Fsp3) is 0.333. The number of phenols is 1. The first-order valence-electron chi connectivity index (χ1n) is 14.7. The maximum Gasteiger partial charge on any atom is 0.354 e. The van der Waals surface area contributed by atoms with Gasteiger partial charge in [-0.05, 0) is 49.6 Å². The smallest absolute Gasteiger partial charge is 0.354 e. The number of nitrogens with zero attached hydrogens (tertiary/aromatic N) is 6. The summed E-state index contributed by atoms with van der Waals surface area (Å²) < 4.78 is 50.6. The van der Waals surface area contributed by atoms with Gasteiger partial charge in [0.05, 0.1) is 39.6 Å². The molecule has 1 saturated heterocycles. The van der Waals surface area contributed by atoms with Gasteiger partial charge in [0.15, 0.2) is 11.6 Å². The van der Waals surface area contributed by atoms with E-state index in [-0.39, 0.29) is 59.6 Å². The van der Waals surface area contributed by atoms with Crippen molar-refractivity contribution >= 4 is 28.3 Å². The Morgan fingerprint density at radius 2 is 1.82 bits per heavy atom. The highest BCUT2D eigenvalue weighted by molar-refractivity contribution is 6.06. The molecule has 2 aromatic carbocycles. The van der Waals surface area contributed by atoms with Gasteiger partial charge >= 0.3 is 5.69 Å². The number of likely N-dealkylation sites (N-methyl/N-ethyl adjacent to an activating group) is 1. The number of aromatic nitrogens is 3. The quantitative estimate of drug-likeness (QED) is 0.320. The van der Waals surface area contributed by atoms with E-state index in [0.29, 0.717) is 11.3 Å². The number of fused-ring (bicyclic) bond motifs is 2. The minimum absolute atomic E-state index is 0.0162. The third-order valence-electron chi connectivity index (χ3n) is 8.72. The lowest BCUT2D eigenvalue weighted by atomic mass is 9.97. The van der Waals surface area contributed by atoms with Gasteiger partial charge in [-0.15, -0.1) is 0 Å². The van der Waals surface area contributed by atoms with Crippen LogP contribution in [0.5, 0.6) is 5.75 Å². The summed E-state index contributed by atoms with van der Waals surface area (Å²) in [4.78, 5) is 40.8. The van der Waals surface area contributed by atoms with E-state index in [0.717, 1.165) is 16.7 Å². The molecule has 0 radical (unpaired) electrons. The van der Waals surface area contributed by atoms with E-state index in [1.54, 1.807) is 36.0 Å². The molecule has 2 atom stereocenters. The molecule has 12 heteroatoms. The number of aromatic hydroxyl groups is 1. The van der Waals surface area contributed by atoms with E-state index in [2.05, 4.69) is 16.5 Å². The molecule has 0 bridgehead atoms. The van der Waals surface area contributed by atoms with Gasteiger partial charge in [0.1, 0.15) is 22.9 Å². The fourth-order valence-electron chi connectivity index (χ4n) is 6.82. The van der Waals surface area contributed by atoms with Crippen LogP contribution in [0.2, 0.25) is 0 Å². The number of carbonyl (C=O) groups excluding carboxylic acids is 1. The molecule has 234 valence electrons. The van der Waals surface area contributed by atoms with Crippen molar-refractivity contribution in [2.24, 2.45) is 0 Å². The third-order valence-corrected chi connectivity index (χ3v) is 8.72. The normalized spacial score (nSPS) is 17.9. The molecule has 1 N–H and O–H groups in total. The monoisotopic (exact) mass is 618 g/mol. The summed E-state index contributed by atoms with van der Waals surface area (Å²) in [7, 11) is 1.61. The molecule has 0 spiro atoms. The van der Waals surface area contributed by atoms with Crippen molar-refractivity contribution in [3.8, 4) is 22.6 Å². The zero-order valence-corrected chi connectivity index (χ0v) is 25.6. The Balaban J connectivity index is 1.81. The second-order valence-corrected chi connectivity index (χ2v) is 12.0. The molecule has 9 nitrogen and oxygen atoms in total. The maximum atomic E-state index is 17.3. The number of pyridine rings is 1. The van der Waals surface area contributed by atoms with Gasteiger partial charge < -0.3 is 19.8 Å². The van der Waals surface area contributed by atoms with Crippen LogP contribution in [0, 0.1) is 24.4 Å². The van der Waals surface area contributed by atoms with Gasteiger partial charge in [-0.2, -0.15) is 4.98 Å². The molecule has 2 aliphatic heterocycles. The Kier molecular flexibility index (Phi) is 7.33. The molecule has 0 aliphatic carbocycles. The number of rotatable bonds is 4. The predicted molar refractivity (Wildman–Crippen MR) is 167 cm³/mol. The molecule has 2 aliphatic rings. The minimum atomic E-state index is -1.23. The molecule has 1 fully saturated rings. The second kappa shape index (κ2) is 10.9. The van der Waals surface area contributed by atoms with Crippen molar-refractivity contribution in [1.82, 2.24) is 19.4 Å². The van der Waals surface area contributed by atoms with E-state index in [4.69, 9.17) is 0 Å². The Bertz CT molecular complexity index is 1940. The molecule has 45 heavy (non-hydrogen) atoms. The first kappa shape index (κ1) is 30.2. The molecule has 2 aromatic heterocycles. The minimum Gasteiger partial charge on any atom is -0.507 e. The first-order valence-corrected chi connectivity index (χ1v) is 14.7. The lowest BCUT2D eigenvalue weighted by molar-refractivity contribution is -0.127. The summed E-state index contributed by atoms with van der Waals surface area (Å²) in [6.45, 7) is 11.6. The number of anilines is 2. The lowest BCUT2D eigenvalue weighted by Crippen LogP contribution is -2.61. The van der Waals surface area contributed by atoms with E-state index in [1.165, 1.54) is 12.1 Å². The van der Waals surface area contributed by atoms with Crippen LogP contribution < -0.4 is 15.5 Å². The zero-order chi connectivity index (χ0) is 32.5. The molecular weight excluding hydrogens is 585 g/mol. The number of carbonyl (C=O) groups is 1. The number of amides is 1. The Labute approximate surface area is 257 Å². The van der Waals surface area contributed by atoms with Gasteiger partial charge in [-0.1, -0.05) is 26.5 Å². The van der Waals surface area contributed by atoms with Crippen LogP contribution in [-0.4, -0.2) is 69.2 Å². The van der Waals surface area contributed by atoms with Crippen LogP contribution >= 0.6 is 0 Å². The number of aryl methyl sites for hydroxylation is 1. The predicted octanol–water partition coefficient (Wildman–Crippen LogP) is 5.04. The topological polar surface area (TPSA) is 94.8 Å². The number of hydrogen-bond donors (Lipinski definition) is 1. The van der Waals surface area contributed by atoms with E-state index in [9.17, 15) is 14.7 Å².